The van der Waals surface area contributed by atoms with Gasteiger partial charge in [0.25, 0.3) is 0 Å². The van der Waals surface area contributed by atoms with Crippen LogP contribution in [-0.4, -0.2) is 27.9 Å². The van der Waals surface area contributed by atoms with Gasteiger partial charge < -0.3 is 10.0 Å². The van der Waals surface area contributed by atoms with Gasteiger partial charge in [-0.05, 0) is 62.6 Å². The summed E-state index contributed by atoms with van der Waals surface area (Å²) in [6.07, 6.45) is 4.00. The van der Waals surface area contributed by atoms with Gasteiger partial charge >= 0.3 is 5.97 Å². The first-order valence-corrected chi connectivity index (χ1v) is 8.55. The molecule has 2 atom stereocenters. The van der Waals surface area contributed by atoms with E-state index in [9.17, 15) is 9.59 Å². The molecule has 4 heteroatoms. The standard InChI is InChI=1S/C19H25NO3/c1-12-3-4-14(9-13(12)2)11-20(17-7-8-17)18(21)15-5-6-16(10-15)19(22)23/h3-4,9,15-17H,5-8,10-11H2,1-2H3,(H,22,23)/t15-,16+/m1/s1. The maximum atomic E-state index is 12.9. The van der Waals surface area contributed by atoms with Crippen LogP contribution in [0.5, 0.6) is 0 Å². The van der Waals surface area contributed by atoms with Crippen LogP contribution < -0.4 is 0 Å². The van der Waals surface area contributed by atoms with E-state index in [2.05, 4.69) is 32.0 Å². The highest BCUT2D eigenvalue weighted by atomic mass is 16.4. The smallest absolute Gasteiger partial charge is 0.306 e. The molecule has 1 aromatic carbocycles. The van der Waals surface area contributed by atoms with E-state index in [-0.39, 0.29) is 17.7 Å². The fourth-order valence-corrected chi connectivity index (χ4v) is 3.54. The number of aryl methyl sites for hydroxylation is 2. The molecule has 1 aromatic rings. The second-order valence-corrected chi connectivity index (χ2v) is 7.16. The lowest BCUT2D eigenvalue weighted by Gasteiger charge is -2.26. The van der Waals surface area contributed by atoms with Crippen molar-refractivity contribution < 1.29 is 14.7 Å². The molecule has 1 amide bonds. The summed E-state index contributed by atoms with van der Waals surface area (Å²) in [7, 11) is 0. The van der Waals surface area contributed by atoms with E-state index in [1.807, 2.05) is 4.90 Å². The second-order valence-electron chi connectivity index (χ2n) is 7.16. The molecule has 3 rings (SSSR count). The van der Waals surface area contributed by atoms with E-state index in [1.165, 1.54) is 16.7 Å². The van der Waals surface area contributed by atoms with Gasteiger partial charge in [0.05, 0.1) is 5.92 Å². The second kappa shape index (κ2) is 6.34. The summed E-state index contributed by atoms with van der Waals surface area (Å²) in [4.78, 5) is 26.0. The quantitative estimate of drug-likeness (QED) is 0.907. The van der Waals surface area contributed by atoms with Crippen molar-refractivity contribution in [3.63, 3.8) is 0 Å². The molecule has 1 N–H and O–H groups in total. The fraction of sp³-hybridized carbons (Fsp3) is 0.579. The number of carbonyl (C=O) groups excluding carboxylic acids is 1. The highest BCUT2D eigenvalue weighted by Crippen LogP contribution is 2.36. The predicted octanol–water partition coefficient (Wildman–Crippen LogP) is 3.30. The lowest BCUT2D eigenvalue weighted by atomic mass is 10.0. The van der Waals surface area contributed by atoms with Crippen molar-refractivity contribution >= 4 is 11.9 Å². The van der Waals surface area contributed by atoms with Crippen LogP contribution in [0.15, 0.2) is 18.2 Å². The van der Waals surface area contributed by atoms with Crippen LogP contribution in [-0.2, 0) is 16.1 Å². The molecule has 2 aliphatic rings. The van der Waals surface area contributed by atoms with E-state index < -0.39 is 5.97 Å². The molecular formula is C19H25NO3. The number of carboxylic acid groups (broad SMARTS) is 1. The minimum Gasteiger partial charge on any atom is -0.481 e. The van der Waals surface area contributed by atoms with Gasteiger partial charge in [-0.15, -0.1) is 0 Å². The number of benzene rings is 1. The molecule has 0 aliphatic heterocycles. The summed E-state index contributed by atoms with van der Waals surface area (Å²) in [5.41, 5.74) is 3.68. The topological polar surface area (TPSA) is 57.6 Å². The highest BCUT2D eigenvalue weighted by Gasteiger charge is 2.40. The number of hydrogen-bond donors (Lipinski definition) is 1. The third-order valence-corrected chi connectivity index (χ3v) is 5.33. The fourth-order valence-electron chi connectivity index (χ4n) is 3.54. The monoisotopic (exact) mass is 315 g/mol. The number of hydrogen-bond acceptors (Lipinski definition) is 2. The summed E-state index contributed by atoms with van der Waals surface area (Å²) in [6.45, 7) is 4.84. The molecule has 124 valence electrons. The normalized spacial score (nSPS) is 23.7. The van der Waals surface area contributed by atoms with Crippen LogP contribution in [0, 0.1) is 25.7 Å². The molecule has 23 heavy (non-hydrogen) atoms. The zero-order valence-corrected chi connectivity index (χ0v) is 13.9. The molecular weight excluding hydrogens is 290 g/mol. The Morgan fingerprint density at radius 1 is 1.09 bits per heavy atom. The van der Waals surface area contributed by atoms with E-state index in [1.54, 1.807) is 0 Å². The molecule has 0 bridgehead atoms. The first kappa shape index (κ1) is 16.0. The molecule has 2 fully saturated rings. The summed E-state index contributed by atoms with van der Waals surface area (Å²) in [6, 6.07) is 6.72. The number of amides is 1. The van der Waals surface area contributed by atoms with E-state index >= 15 is 0 Å². The molecule has 2 saturated carbocycles. The SMILES string of the molecule is Cc1ccc(CN(C(=O)[C@@H]2CC[C@H](C(=O)O)C2)C2CC2)cc1C. The molecule has 4 nitrogen and oxygen atoms in total. The Morgan fingerprint density at radius 2 is 1.78 bits per heavy atom. The molecule has 0 aromatic heterocycles. The van der Waals surface area contributed by atoms with Crippen molar-refractivity contribution in [2.45, 2.75) is 58.5 Å². The van der Waals surface area contributed by atoms with E-state index in [0.717, 1.165) is 12.8 Å². The maximum Gasteiger partial charge on any atom is 0.306 e. The molecule has 0 radical (unpaired) electrons. The number of aliphatic carboxylic acids is 1. The van der Waals surface area contributed by atoms with Crippen LogP contribution in [0.3, 0.4) is 0 Å². The summed E-state index contributed by atoms with van der Waals surface area (Å²) >= 11 is 0. The average Bonchev–Trinajstić information content (AvgIpc) is 3.22. The van der Waals surface area contributed by atoms with Crippen LogP contribution in [0.1, 0.15) is 48.8 Å². The average molecular weight is 315 g/mol. The minimum absolute atomic E-state index is 0.108. The Morgan fingerprint density at radius 3 is 2.35 bits per heavy atom. The summed E-state index contributed by atoms with van der Waals surface area (Å²) < 4.78 is 0. The van der Waals surface area contributed by atoms with Gasteiger partial charge in [0.1, 0.15) is 0 Å². The van der Waals surface area contributed by atoms with Gasteiger partial charge in [0.2, 0.25) is 5.91 Å². The third-order valence-electron chi connectivity index (χ3n) is 5.33. The lowest BCUT2D eigenvalue weighted by molar-refractivity contribution is -0.141. The summed E-state index contributed by atoms with van der Waals surface area (Å²) in [5, 5.41) is 9.14. The summed E-state index contributed by atoms with van der Waals surface area (Å²) in [5.74, 6) is -1.04. The number of rotatable bonds is 5. The predicted molar refractivity (Wildman–Crippen MR) is 88.0 cm³/mol. The van der Waals surface area contributed by atoms with E-state index in [0.29, 0.717) is 31.8 Å². The Kier molecular flexibility index (Phi) is 4.42. The van der Waals surface area contributed by atoms with Crippen molar-refractivity contribution in [2.24, 2.45) is 11.8 Å². The first-order chi connectivity index (χ1) is 11.0. The molecule has 2 aliphatic carbocycles. The number of carbonyl (C=O) groups is 2. The van der Waals surface area contributed by atoms with Crippen molar-refractivity contribution in [1.29, 1.82) is 0 Å². The van der Waals surface area contributed by atoms with Crippen LogP contribution in [0.4, 0.5) is 0 Å². The van der Waals surface area contributed by atoms with E-state index in [4.69, 9.17) is 5.11 Å². The lowest BCUT2D eigenvalue weighted by Crippen LogP contribution is -2.36. The molecule has 0 heterocycles. The van der Waals surface area contributed by atoms with Crippen molar-refractivity contribution in [3.05, 3.63) is 34.9 Å². The molecule has 0 spiro atoms. The van der Waals surface area contributed by atoms with Gasteiger partial charge in [-0.25, -0.2) is 0 Å². The zero-order chi connectivity index (χ0) is 16.6. The van der Waals surface area contributed by atoms with Crippen molar-refractivity contribution in [2.75, 3.05) is 0 Å². The van der Waals surface area contributed by atoms with Gasteiger partial charge in [-0.3, -0.25) is 9.59 Å². The number of nitrogens with zero attached hydrogens (tertiary/aromatic N) is 1. The Balaban J connectivity index is 1.70. The van der Waals surface area contributed by atoms with Crippen LogP contribution in [0.2, 0.25) is 0 Å². The Bertz CT molecular complexity index is 621. The molecule has 0 saturated heterocycles. The third kappa shape index (κ3) is 3.57. The highest BCUT2D eigenvalue weighted by molar-refractivity contribution is 5.81. The van der Waals surface area contributed by atoms with Crippen molar-refractivity contribution in [1.82, 2.24) is 4.90 Å². The molecule has 0 unspecified atom stereocenters. The largest absolute Gasteiger partial charge is 0.481 e. The van der Waals surface area contributed by atoms with Gasteiger partial charge in [-0.2, -0.15) is 0 Å². The minimum atomic E-state index is -0.757. The van der Waals surface area contributed by atoms with Crippen LogP contribution >= 0.6 is 0 Å². The number of carboxylic acids is 1. The maximum absolute atomic E-state index is 12.9. The first-order valence-electron chi connectivity index (χ1n) is 8.55. The Labute approximate surface area is 137 Å². The van der Waals surface area contributed by atoms with Gasteiger partial charge in [0.15, 0.2) is 0 Å². The van der Waals surface area contributed by atoms with Crippen LogP contribution in [0.25, 0.3) is 0 Å². The zero-order valence-electron chi connectivity index (χ0n) is 13.9. The Hall–Kier alpha value is -1.84. The van der Waals surface area contributed by atoms with Crippen molar-refractivity contribution in [3.8, 4) is 0 Å². The van der Waals surface area contributed by atoms with Gasteiger partial charge in [-0.1, -0.05) is 18.2 Å². The van der Waals surface area contributed by atoms with Gasteiger partial charge in [0, 0.05) is 18.5 Å².